The van der Waals surface area contributed by atoms with Gasteiger partial charge < -0.3 is 14.1 Å². The molecule has 0 fully saturated rings. The van der Waals surface area contributed by atoms with E-state index in [1.165, 1.54) is 0 Å². The topological polar surface area (TPSA) is 63.2 Å². The Bertz CT molecular complexity index is 687. The van der Waals surface area contributed by atoms with Crippen LogP contribution in [0, 0.1) is 0 Å². The van der Waals surface area contributed by atoms with Crippen LogP contribution in [-0.2, 0) is 13.6 Å². The molecule has 1 aromatic carbocycles. The molecular formula is C16H17N3O2. The van der Waals surface area contributed by atoms with Crippen molar-refractivity contribution >= 4 is 0 Å². The van der Waals surface area contributed by atoms with E-state index in [9.17, 15) is 5.11 Å². The number of aromatic hydroxyl groups is 1. The number of rotatable bonds is 5. The number of aromatic nitrogens is 2. The fourth-order valence-corrected chi connectivity index (χ4v) is 2.26. The van der Waals surface area contributed by atoms with Crippen molar-refractivity contribution in [1.29, 1.82) is 0 Å². The molecule has 0 radical (unpaired) electrons. The van der Waals surface area contributed by atoms with Gasteiger partial charge in [0.05, 0.1) is 6.26 Å². The molecule has 0 spiro atoms. The number of nitrogens with zero attached hydrogens (tertiary/aromatic N) is 2. The number of hydrogen-bond donors (Lipinski definition) is 2. The molecule has 0 aliphatic carbocycles. The molecule has 0 saturated carbocycles. The van der Waals surface area contributed by atoms with Gasteiger partial charge in [0.25, 0.3) is 0 Å². The monoisotopic (exact) mass is 283 g/mol. The van der Waals surface area contributed by atoms with Gasteiger partial charge in [0.2, 0.25) is 0 Å². The van der Waals surface area contributed by atoms with Gasteiger partial charge in [-0.2, -0.15) is 0 Å². The summed E-state index contributed by atoms with van der Waals surface area (Å²) in [6, 6.07) is 10.8. The number of phenols is 1. The Labute approximate surface area is 122 Å². The van der Waals surface area contributed by atoms with Gasteiger partial charge in [-0.05, 0) is 29.8 Å². The van der Waals surface area contributed by atoms with Gasteiger partial charge in [0.15, 0.2) is 0 Å². The number of benzene rings is 1. The van der Waals surface area contributed by atoms with E-state index < -0.39 is 0 Å². The third kappa shape index (κ3) is 2.98. The molecule has 0 aliphatic heterocycles. The maximum Gasteiger partial charge on any atom is 0.133 e. The summed E-state index contributed by atoms with van der Waals surface area (Å²) in [4.78, 5) is 4.40. The highest BCUT2D eigenvalue weighted by atomic mass is 16.3. The molecule has 5 heteroatoms. The summed E-state index contributed by atoms with van der Waals surface area (Å²) in [6.07, 6.45) is 5.34. The summed E-state index contributed by atoms with van der Waals surface area (Å²) < 4.78 is 7.50. The maximum absolute atomic E-state index is 9.32. The molecule has 2 heterocycles. The van der Waals surface area contributed by atoms with E-state index >= 15 is 0 Å². The molecule has 2 N–H and O–H groups in total. The van der Waals surface area contributed by atoms with Crippen molar-refractivity contribution in [2.24, 2.45) is 7.05 Å². The lowest BCUT2D eigenvalue weighted by Crippen LogP contribution is -2.24. The van der Waals surface area contributed by atoms with Crippen LogP contribution in [0.1, 0.15) is 23.2 Å². The highest BCUT2D eigenvalue weighted by Crippen LogP contribution is 2.21. The Morgan fingerprint density at radius 1 is 1.29 bits per heavy atom. The first-order valence-corrected chi connectivity index (χ1v) is 6.76. The van der Waals surface area contributed by atoms with Crippen molar-refractivity contribution in [1.82, 2.24) is 14.9 Å². The minimum absolute atomic E-state index is 0.117. The quantitative estimate of drug-likeness (QED) is 0.755. The van der Waals surface area contributed by atoms with Crippen molar-refractivity contribution in [3.05, 3.63) is 72.2 Å². The van der Waals surface area contributed by atoms with Crippen molar-refractivity contribution in [2.45, 2.75) is 12.6 Å². The maximum atomic E-state index is 9.32. The van der Waals surface area contributed by atoms with Crippen LogP contribution in [-0.4, -0.2) is 14.7 Å². The van der Waals surface area contributed by atoms with Crippen LogP contribution in [0.15, 0.2) is 59.5 Å². The molecule has 3 aromatic rings. The van der Waals surface area contributed by atoms with Crippen LogP contribution < -0.4 is 5.32 Å². The second kappa shape index (κ2) is 5.85. The number of phenolic OH excluding ortho intramolecular Hbond substituents is 1. The summed E-state index contributed by atoms with van der Waals surface area (Å²) in [5, 5.41) is 12.8. The van der Waals surface area contributed by atoms with Gasteiger partial charge >= 0.3 is 0 Å². The molecule has 0 aliphatic rings. The van der Waals surface area contributed by atoms with Crippen molar-refractivity contribution in [3.8, 4) is 5.75 Å². The smallest absolute Gasteiger partial charge is 0.133 e. The van der Waals surface area contributed by atoms with Crippen LogP contribution in [0.5, 0.6) is 5.75 Å². The van der Waals surface area contributed by atoms with Crippen LogP contribution in [0.2, 0.25) is 0 Å². The van der Waals surface area contributed by atoms with E-state index in [1.807, 2.05) is 42.1 Å². The largest absolute Gasteiger partial charge is 0.508 e. The summed E-state index contributed by atoms with van der Waals surface area (Å²) in [7, 11) is 1.96. The molecule has 5 nitrogen and oxygen atoms in total. The van der Waals surface area contributed by atoms with Gasteiger partial charge in [-0.15, -0.1) is 0 Å². The van der Waals surface area contributed by atoms with E-state index in [0.29, 0.717) is 6.54 Å². The molecule has 1 atom stereocenters. The van der Waals surface area contributed by atoms with Crippen LogP contribution in [0.25, 0.3) is 0 Å². The molecule has 1 unspecified atom stereocenters. The molecular weight excluding hydrogens is 266 g/mol. The van der Waals surface area contributed by atoms with Crippen molar-refractivity contribution in [2.75, 3.05) is 0 Å². The van der Waals surface area contributed by atoms with E-state index in [0.717, 1.165) is 17.1 Å². The van der Waals surface area contributed by atoms with Crippen molar-refractivity contribution in [3.63, 3.8) is 0 Å². The zero-order valence-electron chi connectivity index (χ0n) is 11.7. The number of furan rings is 1. The third-order valence-electron chi connectivity index (χ3n) is 3.39. The SMILES string of the molecule is Cn1ccnc1C(NCc1ccc(O)cc1)c1ccco1. The molecule has 2 aromatic heterocycles. The summed E-state index contributed by atoms with van der Waals surface area (Å²) in [5.41, 5.74) is 1.08. The van der Waals surface area contributed by atoms with Gasteiger partial charge in [0, 0.05) is 26.0 Å². The zero-order chi connectivity index (χ0) is 14.7. The lowest BCUT2D eigenvalue weighted by Gasteiger charge is -2.16. The van der Waals surface area contributed by atoms with Gasteiger partial charge in [-0.1, -0.05) is 12.1 Å². The minimum atomic E-state index is -0.117. The average Bonchev–Trinajstić information content (AvgIpc) is 3.14. The van der Waals surface area contributed by atoms with Crippen molar-refractivity contribution < 1.29 is 9.52 Å². The first kappa shape index (κ1) is 13.5. The first-order chi connectivity index (χ1) is 10.2. The number of nitrogens with one attached hydrogen (secondary N) is 1. The fraction of sp³-hybridized carbons (Fsp3) is 0.188. The molecule has 0 saturated heterocycles. The summed E-state index contributed by atoms with van der Waals surface area (Å²) in [5.74, 6) is 1.98. The Morgan fingerprint density at radius 2 is 2.10 bits per heavy atom. The van der Waals surface area contributed by atoms with Crippen LogP contribution in [0.4, 0.5) is 0 Å². The number of hydrogen-bond acceptors (Lipinski definition) is 4. The lowest BCUT2D eigenvalue weighted by molar-refractivity contribution is 0.429. The summed E-state index contributed by atoms with van der Waals surface area (Å²) in [6.45, 7) is 0.651. The highest BCUT2D eigenvalue weighted by molar-refractivity contribution is 5.26. The lowest BCUT2D eigenvalue weighted by atomic mass is 10.1. The van der Waals surface area contributed by atoms with E-state index in [-0.39, 0.29) is 11.8 Å². The minimum Gasteiger partial charge on any atom is -0.508 e. The molecule has 0 amide bonds. The first-order valence-electron chi connectivity index (χ1n) is 6.76. The number of imidazole rings is 1. The van der Waals surface area contributed by atoms with E-state index in [1.54, 1.807) is 24.6 Å². The Kier molecular flexibility index (Phi) is 3.75. The Morgan fingerprint density at radius 3 is 2.71 bits per heavy atom. The predicted octanol–water partition coefficient (Wildman–Crippen LogP) is 2.60. The second-order valence-electron chi connectivity index (χ2n) is 4.89. The van der Waals surface area contributed by atoms with Crippen LogP contribution >= 0.6 is 0 Å². The van der Waals surface area contributed by atoms with Gasteiger partial charge in [0.1, 0.15) is 23.4 Å². The second-order valence-corrected chi connectivity index (χ2v) is 4.89. The zero-order valence-corrected chi connectivity index (χ0v) is 11.7. The van der Waals surface area contributed by atoms with Crippen LogP contribution in [0.3, 0.4) is 0 Å². The fourth-order valence-electron chi connectivity index (χ4n) is 2.26. The molecule has 108 valence electrons. The Hall–Kier alpha value is -2.53. The highest BCUT2D eigenvalue weighted by Gasteiger charge is 2.20. The van der Waals surface area contributed by atoms with E-state index in [4.69, 9.17) is 4.42 Å². The standard InChI is InChI=1S/C16H17N3O2/c1-19-9-8-17-16(19)15(14-3-2-10-21-14)18-11-12-4-6-13(20)7-5-12/h2-10,15,18,20H,11H2,1H3. The Balaban J connectivity index is 1.80. The van der Waals surface area contributed by atoms with E-state index in [2.05, 4.69) is 10.3 Å². The average molecular weight is 283 g/mol. The van der Waals surface area contributed by atoms with Gasteiger partial charge in [-0.25, -0.2) is 4.98 Å². The number of aryl methyl sites for hydroxylation is 1. The molecule has 0 bridgehead atoms. The molecule has 21 heavy (non-hydrogen) atoms. The predicted molar refractivity (Wildman–Crippen MR) is 78.7 cm³/mol. The normalized spacial score (nSPS) is 12.4. The molecule has 3 rings (SSSR count). The summed E-state index contributed by atoms with van der Waals surface area (Å²) >= 11 is 0. The van der Waals surface area contributed by atoms with Gasteiger partial charge in [-0.3, -0.25) is 5.32 Å². The third-order valence-corrected chi connectivity index (χ3v) is 3.39.